The number of benzene rings is 3. The number of fused-ring (bicyclic) bond motifs is 3. The van der Waals surface area contributed by atoms with Crippen molar-refractivity contribution >= 4 is 29.3 Å². The highest BCUT2D eigenvalue weighted by Crippen LogP contribution is 2.57. The number of hydrogen-bond donors (Lipinski definition) is 1. The first kappa shape index (κ1) is 31.3. The van der Waals surface area contributed by atoms with E-state index in [1.165, 1.54) is 23.8 Å². The molecule has 3 aromatic rings. The van der Waals surface area contributed by atoms with Gasteiger partial charge in [0.2, 0.25) is 0 Å². The van der Waals surface area contributed by atoms with Crippen molar-refractivity contribution < 1.29 is 28.5 Å². The Hall–Kier alpha value is -3.68. The largest absolute Gasteiger partial charge is 0.497 e. The van der Waals surface area contributed by atoms with Crippen LogP contribution in [0, 0.1) is 5.92 Å². The predicted octanol–water partition coefficient (Wildman–Crippen LogP) is 7.99. The molecule has 0 amide bonds. The quantitative estimate of drug-likeness (QED) is 0.227. The highest BCUT2D eigenvalue weighted by Gasteiger charge is 2.52. The van der Waals surface area contributed by atoms with E-state index in [1.807, 2.05) is 48.5 Å². The van der Waals surface area contributed by atoms with E-state index in [0.717, 1.165) is 54.2 Å². The van der Waals surface area contributed by atoms with E-state index in [1.54, 1.807) is 7.11 Å². The summed E-state index contributed by atoms with van der Waals surface area (Å²) in [6.45, 7) is 4.72. The molecular weight excluding hydrogens is 590 g/mol. The van der Waals surface area contributed by atoms with Gasteiger partial charge < -0.3 is 29.0 Å². The first-order chi connectivity index (χ1) is 21.8. The molecule has 3 aliphatic rings. The van der Waals surface area contributed by atoms with Crippen LogP contribution in [0.1, 0.15) is 62.1 Å². The molecule has 1 fully saturated rings. The Kier molecular flexibility index (Phi) is 9.29. The van der Waals surface area contributed by atoms with Crippen LogP contribution in [-0.2, 0) is 26.3 Å². The fourth-order valence-electron chi connectivity index (χ4n) is 7.16. The van der Waals surface area contributed by atoms with Gasteiger partial charge in [-0.2, -0.15) is 0 Å². The lowest BCUT2D eigenvalue weighted by atomic mass is 9.61. The molecule has 3 aromatic carbocycles. The molecule has 0 aromatic heterocycles. The summed E-state index contributed by atoms with van der Waals surface area (Å²) >= 11 is 6.30. The Morgan fingerprint density at radius 1 is 0.978 bits per heavy atom. The number of halogens is 1. The van der Waals surface area contributed by atoms with Crippen LogP contribution in [-0.4, -0.2) is 45.5 Å². The molecule has 0 saturated heterocycles. The summed E-state index contributed by atoms with van der Waals surface area (Å²) in [7, 11) is 3.13. The number of carbonyl (C=O) groups is 1. The van der Waals surface area contributed by atoms with Gasteiger partial charge in [0.05, 0.1) is 34.0 Å². The maximum atomic E-state index is 13.4. The first-order valence-electron chi connectivity index (χ1n) is 15.8. The minimum atomic E-state index is -0.850. The lowest BCUT2D eigenvalue weighted by Gasteiger charge is -2.46. The second-order valence-corrected chi connectivity index (χ2v) is 13.0. The van der Waals surface area contributed by atoms with Gasteiger partial charge in [-0.15, -0.1) is 0 Å². The van der Waals surface area contributed by atoms with Gasteiger partial charge in [-0.3, -0.25) is 0 Å². The number of anilines is 1. The van der Waals surface area contributed by atoms with Crippen LogP contribution < -0.4 is 19.5 Å². The molecule has 8 heteroatoms. The van der Waals surface area contributed by atoms with Crippen molar-refractivity contribution in [2.24, 2.45) is 5.92 Å². The van der Waals surface area contributed by atoms with Crippen LogP contribution in [0.4, 0.5) is 5.69 Å². The van der Waals surface area contributed by atoms with Gasteiger partial charge in [-0.25, -0.2) is 4.79 Å². The van der Waals surface area contributed by atoms with E-state index in [-0.39, 0.29) is 11.4 Å². The third-order valence-corrected chi connectivity index (χ3v) is 9.75. The predicted molar refractivity (Wildman–Crippen MR) is 176 cm³/mol. The summed E-state index contributed by atoms with van der Waals surface area (Å²) in [5.74, 6) is 2.49. The number of rotatable bonds is 10. The number of carbonyl (C=O) groups excluding carboxylic acids is 1. The van der Waals surface area contributed by atoms with E-state index >= 15 is 0 Å². The van der Waals surface area contributed by atoms with Gasteiger partial charge in [0, 0.05) is 29.2 Å². The third kappa shape index (κ3) is 6.52. The van der Waals surface area contributed by atoms with Gasteiger partial charge in [0.15, 0.2) is 11.5 Å². The lowest BCUT2D eigenvalue weighted by molar-refractivity contribution is -0.147. The molecule has 1 aliphatic heterocycles. The Balaban J connectivity index is 1.24. The van der Waals surface area contributed by atoms with E-state index in [0.29, 0.717) is 50.2 Å². The van der Waals surface area contributed by atoms with Crippen molar-refractivity contribution in [1.29, 1.82) is 0 Å². The number of esters is 1. The molecule has 238 valence electrons. The summed E-state index contributed by atoms with van der Waals surface area (Å²) in [4.78, 5) is 13.4. The zero-order valence-electron chi connectivity index (χ0n) is 26.3. The molecule has 1 saturated carbocycles. The van der Waals surface area contributed by atoms with Crippen LogP contribution >= 0.6 is 11.6 Å². The average molecular weight is 632 g/mol. The summed E-state index contributed by atoms with van der Waals surface area (Å²) in [6, 6.07) is 19.8. The Bertz CT molecular complexity index is 1540. The smallest absolute Gasteiger partial charge is 0.331 e. The van der Waals surface area contributed by atoms with Crippen molar-refractivity contribution in [3.8, 4) is 17.2 Å². The highest BCUT2D eigenvalue weighted by molar-refractivity contribution is 6.30. The van der Waals surface area contributed by atoms with Crippen LogP contribution in [0.3, 0.4) is 0 Å². The average Bonchev–Trinajstić information content (AvgIpc) is 3.16. The number of allylic oxidation sites excluding steroid dienone is 1. The minimum Gasteiger partial charge on any atom is -0.497 e. The van der Waals surface area contributed by atoms with Crippen molar-refractivity contribution in [2.45, 2.75) is 63.0 Å². The Labute approximate surface area is 270 Å². The number of methoxy groups -OCH3 is 2. The third-order valence-electron chi connectivity index (χ3n) is 9.52. The molecule has 45 heavy (non-hydrogen) atoms. The molecule has 1 heterocycles. The van der Waals surface area contributed by atoms with Crippen LogP contribution in [0.5, 0.6) is 17.2 Å². The molecule has 0 unspecified atom stereocenters. The molecule has 1 spiro atoms. The Morgan fingerprint density at radius 2 is 1.71 bits per heavy atom. The maximum Gasteiger partial charge on any atom is 0.331 e. The molecule has 2 aliphatic carbocycles. The Morgan fingerprint density at radius 3 is 2.40 bits per heavy atom. The second-order valence-electron chi connectivity index (χ2n) is 12.6. The number of nitrogens with one attached hydrogen (secondary N) is 1. The summed E-state index contributed by atoms with van der Waals surface area (Å²) in [5.41, 5.74) is 4.66. The summed E-state index contributed by atoms with van der Waals surface area (Å²) < 4.78 is 29.0. The van der Waals surface area contributed by atoms with Crippen LogP contribution in [0.2, 0.25) is 5.02 Å². The first-order valence-corrected chi connectivity index (χ1v) is 16.2. The zero-order valence-corrected chi connectivity index (χ0v) is 27.1. The highest BCUT2D eigenvalue weighted by atomic mass is 35.5. The van der Waals surface area contributed by atoms with E-state index in [4.69, 9.17) is 35.3 Å². The molecule has 0 bridgehead atoms. The zero-order chi connectivity index (χ0) is 31.4. The number of hydrogen-bond acceptors (Lipinski definition) is 7. The van der Waals surface area contributed by atoms with Gasteiger partial charge in [-0.05, 0) is 97.2 Å². The van der Waals surface area contributed by atoms with E-state index < -0.39 is 5.54 Å². The molecule has 0 radical (unpaired) electrons. The van der Waals surface area contributed by atoms with E-state index in [2.05, 4.69) is 30.4 Å². The van der Waals surface area contributed by atoms with Crippen LogP contribution in [0.25, 0.3) is 6.08 Å². The van der Waals surface area contributed by atoms with Crippen molar-refractivity contribution in [2.75, 3.05) is 39.4 Å². The SMILES string of the molecule is COC(=O)C1(Nc2cccc(Cl)c2)CCC2(CC1)C(C[C@@H](C)COCc1ccc(OC)cc1)=Cc1cc3c(cc12)OCCCO3. The molecule has 7 nitrogen and oxygen atoms in total. The molecule has 6 rings (SSSR count). The maximum absolute atomic E-state index is 13.4. The number of ether oxygens (including phenoxy) is 5. The van der Waals surface area contributed by atoms with Crippen molar-refractivity contribution in [3.63, 3.8) is 0 Å². The summed E-state index contributed by atoms with van der Waals surface area (Å²) in [5, 5.41) is 4.15. The van der Waals surface area contributed by atoms with E-state index in [9.17, 15) is 4.79 Å². The monoisotopic (exact) mass is 631 g/mol. The molecule has 1 atom stereocenters. The van der Waals surface area contributed by atoms with Gasteiger partial charge in [-0.1, -0.05) is 48.4 Å². The fourth-order valence-corrected chi connectivity index (χ4v) is 7.35. The van der Waals surface area contributed by atoms with Crippen LogP contribution in [0.15, 0.2) is 66.2 Å². The standard InChI is InChI=1S/C37H42ClNO6/c1-25(23-43-24-26-8-10-31(41-2)11-9-26)18-28-19-27-20-33-34(45-17-5-16-44-33)22-32(27)36(28)12-14-37(15-13-36,35(40)42-3)39-30-7-4-6-29(38)21-30/h4,6-11,19-22,25,39H,5,12-18,23-24H2,1-3H3/t25-,36?,37?/m1/s1. The van der Waals surface area contributed by atoms with Gasteiger partial charge in [0.1, 0.15) is 11.3 Å². The van der Waals surface area contributed by atoms with Crippen molar-refractivity contribution in [1.82, 2.24) is 0 Å². The second kappa shape index (κ2) is 13.4. The minimum absolute atomic E-state index is 0.224. The molecular formula is C37H42ClNO6. The van der Waals surface area contributed by atoms with Gasteiger partial charge >= 0.3 is 5.97 Å². The normalized spacial score (nSPS) is 22.6. The lowest BCUT2D eigenvalue weighted by Crippen LogP contribution is -2.52. The van der Waals surface area contributed by atoms with Crippen molar-refractivity contribution in [3.05, 3.63) is 87.9 Å². The topological polar surface area (TPSA) is 75.3 Å². The summed E-state index contributed by atoms with van der Waals surface area (Å²) in [6.07, 6.45) is 6.88. The fraction of sp³-hybridized carbons (Fsp3) is 0.432. The van der Waals surface area contributed by atoms with Gasteiger partial charge in [0.25, 0.3) is 0 Å². The molecule has 1 N–H and O–H groups in total.